The van der Waals surface area contributed by atoms with Gasteiger partial charge in [0.15, 0.2) is 0 Å². The topological polar surface area (TPSA) is 29.3 Å². The van der Waals surface area contributed by atoms with Crippen molar-refractivity contribution in [3.63, 3.8) is 0 Å². The average molecular weight is 281 g/mol. The standard InChI is InChI=1S/C14H17ClN2S/c1-10(14-4-3-7-18-14)17(2)9-11-5-6-12(15)8-13(11)16/h3-8,10H,9,16H2,1-2H3. The summed E-state index contributed by atoms with van der Waals surface area (Å²) in [5.41, 5.74) is 7.85. The molecule has 0 amide bonds. The lowest BCUT2D eigenvalue weighted by Gasteiger charge is -2.24. The molecule has 0 spiro atoms. The number of nitrogen functional groups attached to an aromatic ring is 1. The zero-order chi connectivity index (χ0) is 13.1. The van der Waals surface area contributed by atoms with Gasteiger partial charge in [0.2, 0.25) is 0 Å². The molecule has 0 bridgehead atoms. The molecular weight excluding hydrogens is 264 g/mol. The van der Waals surface area contributed by atoms with Gasteiger partial charge in [-0.1, -0.05) is 23.7 Å². The molecular formula is C14H17ClN2S. The first kappa shape index (κ1) is 13.4. The highest BCUT2D eigenvalue weighted by Gasteiger charge is 2.13. The van der Waals surface area contributed by atoms with Gasteiger partial charge in [-0.2, -0.15) is 0 Å². The van der Waals surface area contributed by atoms with Crippen LogP contribution in [-0.2, 0) is 6.54 Å². The van der Waals surface area contributed by atoms with Gasteiger partial charge < -0.3 is 5.73 Å². The van der Waals surface area contributed by atoms with Crippen LogP contribution >= 0.6 is 22.9 Å². The molecule has 0 aliphatic carbocycles. The molecule has 0 aliphatic heterocycles. The fourth-order valence-electron chi connectivity index (χ4n) is 1.86. The van der Waals surface area contributed by atoms with E-state index in [0.717, 1.165) is 17.8 Å². The van der Waals surface area contributed by atoms with Gasteiger partial charge in [-0.15, -0.1) is 11.3 Å². The number of nitrogens with two attached hydrogens (primary N) is 1. The van der Waals surface area contributed by atoms with Gasteiger partial charge in [0.05, 0.1) is 0 Å². The lowest BCUT2D eigenvalue weighted by atomic mass is 10.1. The van der Waals surface area contributed by atoms with Crippen molar-refractivity contribution in [2.24, 2.45) is 0 Å². The quantitative estimate of drug-likeness (QED) is 0.852. The highest BCUT2D eigenvalue weighted by molar-refractivity contribution is 7.10. The van der Waals surface area contributed by atoms with E-state index in [1.807, 2.05) is 12.1 Å². The van der Waals surface area contributed by atoms with Crippen LogP contribution in [0.3, 0.4) is 0 Å². The second-order valence-corrected chi connectivity index (χ2v) is 5.87. The predicted octanol–water partition coefficient (Wildman–Crippen LogP) is 4.18. The normalized spacial score (nSPS) is 12.9. The van der Waals surface area contributed by atoms with Crippen molar-refractivity contribution >= 4 is 28.6 Å². The second kappa shape index (κ2) is 5.74. The third kappa shape index (κ3) is 3.05. The largest absolute Gasteiger partial charge is 0.398 e. The van der Waals surface area contributed by atoms with E-state index in [2.05, 4.69) is 36.4 Å². The average Bonchev–Trinajstić information content (AvgIpc) is 2.85. The molecule has 4 heteroatoms. The molecule has 2 N–H and O–H groups in total. The Labute approximate surface area is 117 Å². The van der Waals surface area contributed by atoms with Crippen molar-refractivity contribution in [1.82, 2.24) is 4.90 Å². The minimum atomic E-state index is 0.389. The van der Waals surface area contributed by atoms with Crippen molar-refractivity contribution in [3.8, 4) is 0 Å². The molecule has 1 unspecified atom stereocenters. The first-order valence-corrected chi connectivity index (χ1v) is 7.11. The predicted molar refractivity (Wildman–Crippen MR) is 80.1 cm³/mol. The summed E-state index contributed by atoms with van der Waals surface area (Å²) in [6.07, 6.45) is 0. The fraction of sp³-hybridized carbons (Fsp3) is 0.286. The Hall–Kier alpha value is -1.03. The molecule has 1 heterocycles. The maximum atomic E-state index is 5.98. The Balaban J connectivity index is 2.09. The Morgan fingerprint density at radius 1 is 1.39 bits per heavy atom. The molecule has 18 heavy (non-hydrogen) atoms. The third-order valence-corrected chi connectivity index (χ3v) is 4.42. The van der Waals surface area contributed by atoms with Crippen molar-refractivity contribution < 1.29 is 0 Å². The molecule has 2 rings (SSSR count). The van der Waals surface area contributed by atoms with E-state index < -0.39 is 0 Å². The summed E-state index contributed by atoms with van der Waals surface area (Å²) in [4.78, 5) is 3.65. The van der Waals surface area contributed by atoms with Gasteiger partial charge in [0, 0.05) is 28.2 Å². The molecule has 0 aliphatic rings. The van der Waals surface area contributed by atoms with E-state index >= 15 is 0 Å². The van der Waals surface area contributed by atoms with E-state index in [1.165, 1.54) is 4.88 Å². The number of halogens is 1. The van der Waals surface area contributed by atoms with E-state index in [0.29, 0.717) is 11.1 Å². The minimum Gasteiger partial charge on any atom is -0.398 e. The number of rotatable bonds is 4. The van der Waals surface area contributed by atoms with E-state index in [4.69, 9.17) is 17.3 Å². The first-order chi connectivity index (χ1) is 8.58. The summed E-state index contributed by atoms with van der Waals surface area (Å²) in [6, 6.07) is 10.3. The van der Waals surface area contributed by atoms with Crippen LogP contribution < -0.4 is 5.73 Å². The summed E-state index contributed by atoms with van der Waals surface area (Å²) in [5.74, 6) is 0. The maximum Gasteiger partial charge on any atom is 0.0426 e. The number of thiophene rings is 1. The van der Waals surface area contributed by atoms with Crippen molar-refractivity contribution in [1.29, 1.82) is 0 Å². The molecule has 0 saturated heterocycles. The van der Waals surface area contributed by atoms with Crippen LogP contribution in [-0.4, -0.2) is 11.9 Å². The molecule has 1 aromatic heterocycles. The van der Waals surface area contributed by atoms with Crippen molar-refractivity contribution in [2.75, 3.05) is 12.8 Å². The summed E-state index contributed by atoms with van der Waals surface area (Å²) in [5, 5.41) is 2.79. The van der Waals surface area contributed by atoms with Crippen LogP contribution in [0.5, 0.6) is 0 Å². The second-order valence-electron chi connectivity index (χ2n) is 4.45. The van der Waals surface area contributed by atoms with E-state index in [1.54, 1.807) is 17.4 Å². The molecule has 0 radical (unpaired) electrons. The van der Waals surface area contributed by atoms with Crippen LogP contribution in [0.2, 0.25) is 5.02 Å². The van der Waals surface area contributed by atoms with Crippen LogP contribution in [0.1, 0.15) is 23.4 Å². The number of hydrogen-bond donors (Lipinski definition) is 1. The van der Waals surface area contributed by atoms with Gasteiger partial charge in [-0.25, -0.2) is 0 Å². The van der Waals surface area contributed by atoms with Gasteiger partial charge in [0.25, 0.3) is 0 Å². The lowest BCUT2D eigenvalue weighted by Crippen LogP contribution is -2.21. The van der Waals surface area contributed by atoms with Gasteiger partial charge in [-0.05, 0) is 43.1 Å². The Kier molecular flexibility index (Phi) is 4.27. The molecule has 1 atom stereocenters. The van der Waals surface area contributed by atoms with Gasteiger partial charge in [0.1, 0.15) is 0 Å². The molecule has 1 aromatic carbocycles. The summed E-state index contributed by atoms with van der Waals surface area (Å²) < 4.78 is 0. The van der Waals surface area contributed by atoms with E-state index in [9.17, 15) is 0 Å². The molecule has 2 nitrogen and oxygen atoms in total. The third-order valence-electron chi connectivity index (χ3n) is 3.14. The zero-order valence-electron chi connectivity index (χ0n) is 10.6. The number of hydrogen-bond acceptors (Lipinski definition) is 3. The molecule has 0 fully saturated rings. The number of anilines is 1. The smallest absolute Gasteiger partial charge is 0.0426 e. The summed E-state index contributed by atoms with van der Waals surface area (Å²) in [6.45, 7) is 3.03. The van der Waals surface area contributed by atoms with Crippen LogP contribution in [0.25, 0.3) is 0 Å². The Morgan fingerprint density at radius 2 is 2.17 bits per heavy atom. The lowest BCUT2D eigenvalue weighted by molar-refractivity contribution is 0.257. The Bertz CT molecular complexity index is 511. The first-order valence-electron chi connectivity index (χ1n) is 5.85. The van der Waals surface area contributed by atoms with Crippen LogP contribution in [0.4, 0.5) is 5.69 Å². The summed E-state index contributed by atoms with van der Waals surface area (Å²) >= 11 is 7.69. The minimum absolute atomic E-state index is 0.389. The summed E-state index contributed by atoms with van der Waals surface area (Å²) in [7, 11) is 2.11. The highest BCUT2D eigenvalue weighted by Crippen LogP contribution is 2.26. The SMILES string of the molecule is CC(c1cccs1)N(C)Cc1ccc(Cl)cc1N. The fourth-order valence-corrected chi connectivity index (χ4v) is 2.89. The maximum absolute atomic E-state index is 5.98. The van der Waals surface area contributed by atoms with Crippen molar-refractivity contribution in [2.45, 2.75) is 19.5 Å². The van der Waals surface area contributed by atoms with Gasteiger partial charge >= 0.3 is 0 Å². The van der Waals surface area contributed by atoms with Crippen LogP contribution in [0, 0.1) is 0 Å². The zero-order valence-corrected chi connectivity index (χ0v) is 12.1. The van der Waals surface area contributed by atoms with Crippen molar-refractivity contribution in [3.05, 3.63) is 51.2 Å². The van der Waals surface area contributed by atoms with Crippen LogP contribution in [0.15, 0.2) is 35.7 Å². The molecule has 0 saturated carbocycles. The highest BCUT2D eigenvalue weighted by atomic mass is 35.5. The number of benzene rings is 1. The molecule has 2 aromatic rings. The number of nitrogens with zero attached hydrogens (tertiary/aromatic N) is 1. The monoisotopic (exact) mass is 280 g/mol. The Morgan fingerprint density at radius 3 is 2.78 bits per heavy atom. The van der Waals surface area contributed by atoms with Gasteiger partial charge in [-0.3, -0.25) is 4.90 Å². The van der Waals surface area contributed by atoms with E-state index in [-0.39, 0.29) is 0 Å². The molecule has 96 valence electrons.